The van der Waals surface area contributed by atoms with Crippen molar-refractivity contribution in [1.29, 1.82) is 0 Å². The predicted octanol–water partition coefficient (Wildman–Crippen LogP) is 5.02. The minimum atomic E-state index is 0.182. The standard InChI is InChI=1S/C16H21NOS/c1-11(2)18-15-8-6-5-7-14(15)17-13(4)16-12(3)9-10-19-16/h5-11,13,17H,1-4H3. The fourth-order valence-electron chi connectivity index (χ4n) is 2.07. The molecule has 1 N–H and O–H groups in total. The summed E-state index contributed by atoms with van der Waals surface area (Å²) in [7, 11) is 0. The van der Waals surface area contributed by atoms with E-state index in [1.54, 1.807) is 11.3 Å². The van der Waals surface area contributed by atoms with Gasteiger partial charge in [-0.1, -0.05) is 12.1 Å². The molecule has 1 unspecified atom stereocenters. The molecular formula is C16H21NOS. The lowest BCUT2D eigenvalue weighted by Crippen LogP contribution is -2.11. The second kappa shape index (κ2) is 6.11. The lowest BCUT2D eigenvalue weighted by molar-refractivity contribution is 0.243. The van der Waals surface area contributed by atoms with Crippen LogP contribution in [-0.2, 0) is 0 Å². The van der Waals surface area contributed by atoms with Gasteiger partial charge in [-0.25, -0.2) is 0 Å². The molecule has 1 aromatic heterocycles. The SMILES string of the molecule is Cc1ccsc1C(C)Nc1ccccc1OC(C)C. The third-order valence-corrected chi connectivity index (χ3v) is 4.12. The lowest BCUT2D eigenvalue weighted by Gasteiger charge is -2.19. The van der Waals surface area contributed by atoms with Crippen molar-refractivity contribution in [2.45, 2.75) is 39.8 Å². The number of para-hydroxylation sites is 2. The quantitative estimate of drug-likeness (QED) is 0.827. The van der Waals surface area contributed by atoms with E-state index in [0.29, 0.717) is 0 Å². The van der Waals surface area contributed by atoms with Crippen molar-refractivity contribution in [2.75, 3.05) is 5.32 Å². The van der Waals surface area contributed by atoms with Crippen molar-refractivity contribution >= 4 is 17.0 Å². The van der Waals surface area contributed by atoms with E-state index in [1.807, 2.05) is 32.0 Å². The van der Waals surface area contributed by atoms with E-state index >= 15 is 0 Å². The van der Waals surface area contributed by atoms with Crippen LogP contribution >= 0.6 is 11.3 Å². The van der Waals surface area contributed by atoms with Gasteiger partial charge in [0.2, 0.25) is 0 Å². The predicted molar refractivity (Wildman–Crippen MR) is 83.3 cm³/mol. The summed E-state index contributed by atoms with van der Waals surface area (Å²) in [5.41, 5.74) is 2.39. The Hall–Kier alpha value is -1.48. The van der Waals surface area contributed by atoms with Gasteiger partial charge in [0.15, 0.2) is 0 Å². The first-order chi connectivity index (χ1) is 9.08. The molecule has 3 heteroatoms. The molecule has 0 saturated carbocycles. The van der Waals surface area contributed by atoms with Gasteiger partial charge in [0.05, 0.1) is 17.8 Å². The van der Waals surface area contributed by atoms with Gasteiger partial charge in [-0.3, -0.25) is 0 Å². The summed E-state index contributed by atoms with van der Waals surface area (Å²) < 4.78 is 5.83. The molecule has 0 aliphatic rings. The summed E-state index contributed by atoms with van der Waals surface area (Å²) in [6, 6.07) is 10.6. The minimum absolute atomic E-state index is 0.182. The number of ether oxygens (including phenoxy) is 1. The molecule has 0 radical (unpaired) electrons. The average Bonchev–Trinajstić information content (AvgIpc) is 2.77. The van der Waals surface area contributed by atoms with Gasteiger partial charge >= 0.3 is 0 Å². The zero-order valence-electron chi connectivity index (χ0n) is 11.9. The normalized spacial score (nSPS) is 12.5. The van der Waals surface area contributed by atoms with Crippen molar-refractivity contribution in [1.82, 2.24) is 0 Å². The van der Waals surface area contributed by atoms with Crippen molar-refractivity contribution in [3.63, 3.8) is 0 Å². The summed E-state index contributed by atoms with van der Waals surface area (Å²) in [5, 5.41) is 5.68. The maximum atomic E-state index is 5.83. The highest BCUT2D eigenvalue weighted by molar-refractivity contribution is 7.10. The van der Waals surface area contributed by atoms with Gasteiger partial charge in [0.25, 0.3) is 0 Å². The summed E-state index contributed by atoms with van der Waals surface area (Å²) in [5.74, 6) is 0.915. The summed E-state index contributed by atoms with van der Waals surface area (Å²) in [4.78, 5) is 1.37. The summed E-state index contributed by atoms with van der Waals surface area (Å²) >= 11 is 1.79. The van der Waals surface area contributed by atoms with Crippen LogP contribution in [0.5, 0.6) is 5.75 Å². The first-order valence-electron chi connectivity index (χ1n) is 6.64. The van der Waals surface area contributed by atoms with E-state index in [1.165, 1.54) is 10.4 Å². The third kappa shape index (κ3) is 3.51. The zero-order chi connectivity index (χ0) is 13.8. The Balaban J connectivity index is 2.17. The van der Waals surface area contributed by atoms with E-state index in [4.69, 9.17) is 4.74 Å². The van der Waals surface area contributed by atoms with Crippen molar-refractivity contribution < 1.29 is 4.74 Å². The number of thiophene rings is 1. The highest BCUT2D eigenvalue weighted by Crippen LogP contribution is 2.31. The molecule has 102 valence electrons. The molecule has 1 aromatic carbocycles. The number of benzene rings is 1. The molecule has 1 heterocycles. The van der Waals surface area contributed by atoms with Crippen LogP contribution in [0.4, 0.5) is 5.69 Å². The molecule has 0 aliphatic carbocycles. The minimum Gasteiger partial charge on any atom is -0.489 e. The number of nitrogens with one attached hydrogen (secondary N) is 1. The first kappa shape index (κ1) is 13.9. The Morgan fingerprint density at radius 2 is 1.84 bits per heavy atom. The molecule has 0 spiro atoms. The molecule has 0 bridgehead atoms. The number of hydrogen-bond acceptors (Lipinski definition) is 3. The van der Waals surface area contributed by atoms with Gasteiger partial charge in [-0.15, -0.1) is 11.3 Å². The highest BCUT2D eigenvalue weighted by atomic mass is 32.1. The van der Waals surface area contributed by atoms with E-state index in [2.05, 4.69) is 36.7 Å². The maximum Gasteiger partial charge on any atom is 0.142 e. The molecule has 0 fully saturated rings. The molecule has 0 saturated heterocycles. The van der Waals surface area contributed by atoms with E-state index in [0.717, 1.165) is 11.4 Å². The van der Waals surface area contributed by atoms with Crippen LogP contribution in [-0.4, -0.2) is 6.10 Å². The zero-order valence-corrected chi connectivity index (χ0v) is 12.8. The Labute approximate surface area is 119 Å². The largest absolute Gasteiger partial charge is 0.489 e. The van der Waals surface area contributed by atoms with Crippen LogP contribution in [0.3, 0.4) is 0 Å². The van der Waals surface area contributed by atoms with Crippen LogP contribution < -0.4 is 10.1 Å². The second-order valence-corrected chi connectivity index (χ2v) is 5.94. The molecule has 2 aromatic rings. The monoisotopic (exact) mass is 275 g/mol. The third-order valence-electron chi connectivity index (χ3n) is 2.92. The topological polar surface area (TPSA) is 21.3 Å². The molecule has 0 aliphatic heterocycles. The van der Waals surface area contributed by atoms with Crippen LogP contribution in [0.25, 0.3) is 0 Å². The second-order valence-electron chi connectivity index (χ2n) is 5.00. The fraction of sp³-hybridized carbons (Fsp3) is 0.375. The van der Waals surface area contributed by atoms with Crippen molar-refractivity contribution in [3.8, 4) is 5.75 Å². The van der Waals surface area contributed by atoms with E-state index in [9.17, 15) is 0 Å². The number of anilines is 1. The Morgan fingerprint density at radius 3 is 2.47 bits per heavy atom. The van der Waals surface area contributed by atoms with Gasteiger partial charge < -0.3 is 10.1 Å². The van der Waals surface area contributed by atoms with Gasteiger partial charge in [0, 0.05) is 4.88 Å². The highest BCUT2D eigenvalue weighted by Gasteiger charge is 2.12. The summed E-state index contributed by atoms with van der Waals surface area (Å²) in [6.07, 6.45) is 0.182. The maximum absolute atomic E-state index is 5.83. The lowest BCUT2D eigenvalue weighted by atomic mass is 10.1. The van der Waals surface area contributed by atoms with Gasteiger partial charge in [-0.05, 0) is 56.8 Å². The molecule has 2 rings (SSSR count). The number of aryl methyl sites for hydroxylation is 1. The molecule has 0 amide bonds. The van der Waals surface area contributed by atoms with E-state index < -0.39 is 0 Å². The van der Waals surface area contributed by atoms with Crippen LogP contribution in [0.15, 0.2) is 35.7 Å². The number of hydrogen-bond donors (Lipinski definition) is 1. The molecular weight excluding hydrogens is 254 g/mol. The van der Waals surface area contributed by atoms with Gasteiger partial charge in [0.1, 0.15) is 5.75 Å². The van der Waals surface area contributed by atoms with E-state index in [-0.39, 0.29) is 12.1 Å². The van der Waals surface area contributed by atoms with Gasteiger partial charge in [-0.2, -0.15) is 0 Å². The molecule has 2 nitrogen and oxygen atoms in total. The first-order valence-corrected chi connectivity index (χ1v) is 7.52. The van der Waals surface area contributed by atoms with Crippen LogP contribution in [0, 0.1) is 6.92 Å². The number of rotatable bonds is 5. The summed E-state index contributed by atoms with van der Waals surface area (Å²) in [6.45, 7) is 8.43. The van der Waals surface area contributed by atoms with Crippen LogP contribution in [0.2, 0.25) is 0 Å². The fourth-order valence-corrected chi connectivity index (χ4v) is 3.01. The van der Waals surface area contributed by atoms with Crippen molar-refractivity contribution in [2.24, 2.45) is 0 Å². The Morgan fingerprint density at radius 1 is 1.11 bits per heavy atom. The Kier molecular flexibility index (Phi) is 4.48. The Bertz CT molecular complexity index is 533. The molecule has 1 atom stereocenters. The van der Waals surface area contributed by atoms with Crippen molar-refractivity contribution in [3.05, 3.63) is 46.2 Å². The average molecular weight is 275 g/mol. The molecule has 19 heavy (non-hydrogen) atoms. The van der Waals surface area contributed by atoms with Crippen LogP contribution in [0.1, 0.15) is 37.3 Å². The smallest absolute Gasteiger partial charge is 0.142 e.